The van der Waals surface area contributed by atoms with E-state index in [9.17, 15) is 8.42 Å². The molecule has 3 aromatic carbocycles. The van der Waals surface area contributed by atoms with Crippen molar-refractivity contribution in [1.29, 1.82) is 0 Å². The molecular weight excluding hydrogens is 327 g/mol. The molecule has 0 aromatic heterocycles. The molecule has 0 saturated carbocycles. The van der Waals surface area contributed by atoms with E-state index in [-0.39, 0.29) is 5.41 Å². The van der Waals surface area contributed by atoms with Crippen molar-refractivity contribution in [2.45, 2.75) is 29.1 Å². The normalized spacial score (nSPS) is 17.5. The lowest BCUT2D eigenvalue weighted by atomic mass is 9.79. The van der Waals surface area contributed by atoms with Gasteiger partial charge in [0.05, 0.1) is 9.79 Å². The average Bonchev–Trinajstić information content (AvgIpc) is 2.94. The van der Waals surface area contributed by atoms with E-state index in [1.165, 1.54) is 0 Å². The van der Waals surface area contributed by atoms with Crippen molar-refractivity contribution < 1.29 is 8.42 Å². The maximum atomic E-state index is 13.0. The summed E-state index contributed by atoms with van der Waals surface area (Å²) in [6.45, 7) is 4.33. The molecule has 0 atom stereocenters. The summed E-state index contributed by atoms with van der Waals surface area (Å²) >= 11 is 0. The van der Waals surface area contributed by atoms with Crippen molar-refractivity contribution in [2.24, 2.45) is 0 Å². The first kappa shape index (κ1) is 15.0. The molecule has 4 heteroatoms. The Hall–Kier alpha value is -2.33. The Bertz CT molecular complexity index is 1190. The molecule has 2 nitrogen and oxygen atoms in total. The molecule has 0 N–H and O–H groups in total. The Morgan fingerprint density at radius 2 is 1.48 bits per heavy atom. The third-order valence-electron chi connectivity index (χ3n) is 5.56. The number of rotatable bonds is 0. The van der Waals surface area contributed by atoms with Gasteiger partial charge in [0.2, 0.25) is 9.84 Å². The number of benzene rings is 3. The fourth-order valence-electron chi connectivity index (χ4n) is 4.25. The van der Waals surface area contributed by atoms with Gasteiger partial charge in [-0.05, 0) is 40.5 Å². The van der Waals surface area contributed by atoms with Crippen LogP contribution >= 0.6 is 0 Å². The summed E-state index contributed by atoms with van der Waals surface area (Å²) in [7, 11) is 2.54. The van der Waals surface area contributed by atoms with Crippen LogP contribution in [-0.4, -0.2) is 16.3 Å². The zero-order chi connectivity index (χ0) is 17.6. The molecule has 0 unspecified atom stereocenters. The topological polar surface area (TPSA) is 34.1 Å². The molecule has 2 aliphatic rings. The molecule has 1 aliphatic heterocycles. The van der Waals surface area contributed by atoms with Gasteiger partial charge >= 0.3 is 0 Å². The van der Waals surface area contributed by atoms with Crippen LogP contribution in [-0.2, 0) is 15.3 Å². The Labute approximate surface area is 148 Å². The van der Waals surface area contributed by atoms with Crippen molar-refractivity contribution in [1.82, 2.24) is 0 Å². The van der Waals surface area contributed by atoms with Crippen molar-refractivity contribution >= 4 is 23.1 Å². The lowest BCUT2D eigenvalue weighted by molar-refractivity contribution is 0.598. The zero-order valence-corrected chi connectivity index (χ0v) is 14.8. The molecule has 0 bridgehead atoms. The Kier molecular flexibility index (Phi) is 2.66. The van der Waals surface area contributed by atoms with Crippen molar-refractivity contribution in [3.63, 3.8) is 0 Å². The summed E-state index contributed by atoms with van der Waals surface area (Å²) in [6, 6.07) is 17.0. The molecule has 1 heterocycles. The minimum atomic E-state index is -3.46. The molecule has 2 radical (unpaired) electrons. The highest BCUT2D eigenvalue weighted by Gasteiger charge is 2.40. The summed E-state index contributed by atoms with van der Waals surface area (Å²) in [5.41, 5.74) is 6.49. The first-order chi connectivity index (χ1) is 11.8. The van der Waals surface area contributed by atoms with Crippen LogP contribution in [0.25, 0.3) is 22.3 Å². The highest BCUT2D eigenvalue weighted by molar-refractivity contribution is 7.92. The zero-order valence-electron chi connectivity index (χ0n) is 14.0. The summed E-state index contributed by atoms with van der Waals surface area (Å²) in [5.74, 6) is 0. The first-order valence-electron chi connectivity index (χ1n) is 8.25. The Morgan fingerprint density at radius 3 is 2.28 bits per heavy atom. The van der Waals surface area contributed by atoms with Gasteiger partial charge in [-0.15, -0.1) is 0 Å². The molecule has 0 amide bonds. The summed E-state index contributed by atoms with van der Waals surface area (Å²) < 4.78 is 26.0. The highest BCUT2D eigenvalue weighted by Crippen LogP contribution is 2.53. The monoisotopic (exact) mass is 342 g/mol. The van der Waals surface area contributed by atoms with Gasteiger partial charge in [-0.2, -0.15) is 0 Å². The molecule has 0 fully saturated rings. The maximum Gasteiger partial charge on any atom is 0.207 e. The first-order valence-corrected chi connectivity index (χ1v) is 9.73. The fourth-order valence-corrected chi connectivity index (χ4v) is 5.95. The largest absolute Gasteiger partial charge is 0.218 e. The smallest absolute Gasteiger partial charge is 0.207 e. The summed E-state index contributed by atoms with van der Waals surface area (Å²) in [5, 5.41) is 0. The number of hydrogen-bond donors (Lipinski definition) is 0. The van der Waals surface area contributed by atoms with Crippen LogP contribution in [0.3, 0.4) is 0 Å². The van der Waals surface area contributed by atoms with Crippen molar-refractivity contribution in [3.05, 3.63) is 65.7 Å². The standard InChI is InChI=1S/C21H15BO2S/c1-21(2)17-9-12(22)7-8-13(17)15-11-20-16(10-18(15)21)14-5-3-4-6-19(14)25(20,23)24/h3-11H,1-2H3. The second kappa shape index (κ2) is 4.44. The van der Waals surface area contributed by atoms with E-state index in [0.717, 1.165) is 38.8 Å². The third-order valence-corrected chi connectivity index (χ3v) is 7.41. The van der Waals surface area contributed by atoms with Gasteiger partial charge in [-0.3, -0.25) is 0 Å². The lowest BCUT2D eigenvalue weighted by Crippen LogP contribution is -2.17. The van der Waals surface area contributed by atoms with Crippen LogP contribution in [0, 0.1) is 0 Å². The minimum absolute atomic E-state index is 0.212. The molecule has 5 rings (SSSR count). The quantitative estimate of drug-likeness (QED) is 0.458. The van der Waals surface area contributed by atoms with E-state index in [2.05, 4.69) is 19.9 Å². The molecule has 25 heavy (non-hydrogen) atoms. The molecule has 3 aromatic rings. The summed E-state index contributed by atoms with van der Waals surface area (Å²) in [6.07, 6.45) is 0. The summed E-state index contributed by atoms with van der Waals surface area (Å²) in [4.78, 5) is 0.817. The lowest BCUT2D eigenvalue weighted by Gasteiger charge is -2.22. The second-order valence-corrected chi connectivity index (χ2v) is 9.21. The van der Waals surface area contributed by atoms with Gasteiger partial charge < -0.3 is 0 Å². The van der Waals surface area contributed by atoms with Crippen LogP contribution in [0.2, 0.25) is 0 Å². The third kappa shape index (κ3) is 1.73. The van der Waals surface area contributed by atoms with Gasteiger partial charge in [0, 0.05) is 16.5 Å². The highest BCUT2D eigenvalue weighted by atomic mass is 32.2. The minimum Gasteiger partial charge on any atom is -0.218 e. The van der Waals surface area contributed by atoms with Crippen LogP contribution in [0.4, 0.5) is 0 Å². The van der Waals surface area contributed by atoms with E-state index >= 15 is 0 Å². The van der Waals surface area contributed by atoms with E-state index < -0.39 is 9.84 Å². The molecule has 1 aliphatic carbocycles. The number of hydrogen-bond acceptors (Lipinski definition) is 2. The van der Waals surface area contributed by atoms with Gasteiger partial charge in [0.1, 0.15) is 7.85 Å². The second-order valence-electron chi connectivity index (χ2n) is 7.32. The van der Waals surface area contributed by atoms with Gasteiger partial charge in [0.15, 0.2) is 0 Å². The average molecular weight is 342 g/mol. The van der Waals surface area contributed by atoms with E-state index in [4.69, 9.17) is 7.85 Å². The van der Waals surface area contributed by atoms with Crippen molar-refractivity contribution in [2.75, 3.05) is 0 Å². The van der Waals surface area contributed by atoms with E-state index in [1.807, 2.05) is 36.4 Å². The van der Waals surface area contributed by atoms with Crippen LogP contribution < -0.4 is 5.46 Å². The predicted molar refractivity (Wildman–Crippen MR) is 100 cm³/mol. The molecular formula is C21H15BO2S. The number of sulfone groups is 1. The van der Waals surface area contributed by atoms with Crippen LogP contribution in [0.15, 0.2) is 64.4 Å². The Morgan fingerprint density at radius 1 is 0.760 bits per heavy atom. The van der Waals surface area contributed by atoms with E-state index in [0.29, 0.717) is 9.79 Å². The fraction of sp³-hybridized carbons (Fsp3) is 0.143. The molecule has 0 saturated heterocycles. The van der Waals surface area contributed by atoms with Gasteiger partial charge in [-0.1, -0.05) is 55.7 Å². The SMILES string of the molecule is [B]c1ccc2c(c1)C(C)(C)c1cc3c(cc1-2)S(=O)(=O)c1ccccc1-3. The van der Waals surface area contributed by atoms with Gasteiger partial charge in [-0.25, -0.2) is 8.42 Å². The van der Waals surface area contributed by atoms with Crippen LogP contribution in [0.1, 0.15) is 25.0 Å². The predicted octanol–water partition coefficient (Wildman–Crippen LogP) is 3.60. The van der Waals surface area contributed by atoms with E-state index in [1.54, 1.807) is 12.1 Å². The van der Waals surface area contributed by atoms with Gasteiger partial charge in [0.25, 0.3) is 0 Å². The Balaban J connectivity index is 1.89. The van der Waals surface area contributed by atoms with Crippen LogP contribution in [0.5, 0.6) is 0 Å². The molecule has 0 spiro atoms. The molecule has 120 valence electrons. The number of fused-ring (bicyclic) bond motifs is 6. The maximum absolute atomic E-state index is 13.0. The van der Waals surface area contributed by atoms with Crippen molar-refractivity contribution in [3.8, 4) is 22.3 Å².